The van der Waals surface area contributed by atoms with Crippen LogP contribution in [0.3, 0.4) is 0 Å². The maximum absolute atomic E-state index is 6.11. The summed E-state index contributed by atoms with van der Waals surface area (Å²) < 4.78 is 7.23. The molecule has 114 valence electrons. The zero-order valence-corrected chi connectivity index (χ0v) is 15.3. The molecule has 1 nitrogen and oxygen atoms in total. The highest BCUT2D eigenvalue weighted by Gasteiger charge is 2.35. The molecular weight excluding hydrogens is 395 g/mol. The zero-order valence-electron chi connectivity index (χ0n) is 13.1. The highest BCUT2D eigenvalue weighted by Crippen LogP contribution is 2.49. The molecule has 1 aliphatic carbocycles. The van der Waals surface area contributed by atoms with Crippen LogP contribution in [0.5, 0.6) is 11.5 Å². The molecule has 0 aromatic heterocycles. The normalized spacial score (nSPS) is 14.2. The van der Waals surface area contributed by atoms with Crippen LogP contribution in [0, 0.1) is 3.57 Å². The molecule has 3 aromatic carbocycles. The average Bonchev–Trinajstić information content (AvgIpc) is 2.78. The monoisotopic (exact) mass is 412 g/mol. The van der Waals surface area contributed by atoms with E-state index in [9.17, 15) is 0 Å². The molecule has 4 rings (SSSR count). The number of benzene rings is 3. The van der Waals surface area contributed by atoms with Crippen LogP contribution in [-0.4, -0.2) is 0 Å². The van der Waals surface area contributed by atoms with Gasteiger partial charge in [-0.1, -0.05) is 56.3 Å². The molecule has 0 heterocycles. The summed E-state index contributed by atoms with van der Waals surface area (Å²) >= 11 is 2.30. The van der Waals surface area contributed by atoms with Crippen LogP contribution < -0.4 is 4.74 Å². The van der Waals surface area contributed by atoms with Crippen LogP contribution in [0.2, 0.25) is 0 Å². The second-order valence-corrected chi connectivity index (χ2v) is 7.57. The lowest BCUT2D eigenvalue weighted by atomic mass is 9.82. The van der Waals surface area contributed by atoms with Crippen LogP contribution in [-0.2, 0) is 5.41 Å². The van der Waals surface area contributed by atoms with Gasteiger partial charge in [0.25, 0.3) is 0 Å². The number of para-hydroxylation sites is 1. The van der Waals surface area contributed by atoms with Crippen molar-refractivity contribution < 1.29 is 4.74 Å². The van der Waals surface area contributed by atoms with Crippen molar-refractivity contribution in [2.45, 2.75) is 19.3 Å². The van der Waals surface area contributed by atoms with Gasteiger partial charge in [0.15, 0.2) is 0 Å². The Bertz CT molecular complexity index is 896. The van der Waals surface area contributed by atoms with E-state index in [1.165, 1.54) is 22.3 Å². The third kappa shape index (κ3) is 2.36. The van der Waals surface area contributed by atoms with Gasteiger partial charge in [0, 0.05) is 5.41 Å². The Balaban J connectivity index is 1.80. The molecule has 0 atom stereocenters. The van der Waals surface area contributed by atoms with Crippen LogP contribution in [0.1, 0.15) is 25.0 Å². The Labute approximate surface area is 150 Å². The van der Waals surface area contributed by atoms with E-state index < -0.39 is 0 Å². The smallest absolute Gasteiger partial charge is 0.140 e. The van der Waals surface area contributed by atoms with Gasteiger partial charge in [0.2, 0.25) is 0 Å². The number of halogens is 1. The Kier molecular flexibility index (Phi) is 3.45. The number of hydrogen-bond donors (Lipinski definition) is 0. The van der Waals surface area contributed by atoms with E-state index in [1.54, 1.807) is 0 Å². The van der Waals surface area contributed by atoms with Gasteiger partial charge in [-0.05, 0) is 69.1 Å². The van der Waals surface area contributed by atoms with E-state index >= 15 is 0 Å². The third-order valence-electron chi connectivity index (χ3n) is 4.62. The second kappa shape index (κ2) is 5.38. The summed E-state index contributed by atoms with van der Waals surface area (Å²) in [5, 5.41) is 0. The molecular formula is C21H17IO. The SMILES string of the molecule is CC1(C)c2ccccc2-c2cc(Oc3ccccc3I)ccc21. The van der Waals surface area contributed by atoms with Crippen molar-refractivity contribution in [1.29, 1.82) is 0 Å². The van der Waals surface area contributed by atoms with Gasteiger partial charge in [0.05, 0.1) is 3.57 Å². The van der Waals surface area contributed by atoms with Gasteiger partial charge < -0.3 is 4.74 Å². The topological polar surface area (TPSA) is 9.23 Å². The first kappa shape index (κ1) is 14.8. The molecule has 0 N–H and O–H groups in total. The Morgan fingerprint density at radius 1 is 0.783 bits per heavy atom. The van der Waals surface area contributed by atoms with Gasteiger partial charge >= 0.3 is 0 Å². The van der Waals surface area contributed by atoms with Crippen LogP contribution >= 0.6 is 22.6 Å². The molecule has 0 unspecified atom stereocenters. The van der Waals surface area contributed by atoms with E-state index in [1.807, 2.05) is 18.2 Å². The lowest BCUT2D eigenvalue weighted by Gasteiger charge is -2.21. The predicted molar refractivity (Wildman–Crippen MR) is 103 cm³/mol. The summed E-state index contributed by atoms with van der Waals surface area (Å²) in [5.74, 6) is 1.79. The lowest BCUT2D eigenvalue weighted by molar-refractivity contribution is 0.479. The van der Waals surface area contributed by atoms with Crippen molar-refractivity contribution in [2.24, 2.45) is 0 Å². The number of fused-ring (bicyclic) bond motifs is 3. The number of rotatable bonds is 2. The summed E-state index contributed by atoms with van der Waals surface area (Å²) in [4.78, 5) is 0. The fraction of sp³-hybridized carbons (Fsp3) is 0.143. The first-order valence-electron chi connectivity index (χ1n) is 7.74. The fourth-order valence-electron chi connectivity index (χ4n) is 3.42. The average molecular weight is 412 g/mol. The standard InChI is InChI=1S/C21H17IO/c1-21(2)17-8-4-3-7-15(17)16-13-14(11-12-18(16)21)23-20-10-6-5-9-19(20)22/h3-13H,1-2H3. The minimum absolute atomic E-state index is 0.0472. The van der Waals surface area contributed by atoms with Crippen molar-refractivity contribution >= 4 is 22.6 Å². The van der Waals surface area contributed by atoms with Gasteiger partial charge in [-0.25, -0.2) is 0 Å². The Hall–Kier alpha value is -1.81. The summed E-state index contributed by atoms with van der Waals surface area (Å²) in [6.07, 6.45) is 0. The molecule has 0 amide bonds. The van der Waals surface area contributed by atoms with Crippen molar-refractivity contribution in [3.63, 3.8) is 0 Å². The molecule has 3 aromatic rings. The highest BCUT2D eigenvalue weighted by molar-refractivity contribution is 14.1. The minimum atomic E-state index is 0.0472. The molecule has 23 heavy (non-hydrogen) atoms. The maximum Gasteiger partial charge on any atom is 0.140 e. The van der Waals surface area contributed by atoms with E-state index in [-0.39, 0.29) is 5.41 Å². The molecule has 0 radical (unpaired) electrons. The Morgan fingerprint density at radius 3 is 2.30 bits per heavy atom. The predicted octanol–water partition coefficient (Wildman–Crippen LogP) is 6.39. The van der Waals surface area contributed by atoms with Gasteiger partial charge in [0.1, 0.15) is 11.5 Å². The van der Waals surface area contributed by atoms with E-state index in [0.717, 1.165) is 15.1 Å². The number of ether oxygens (including phenoxy) is 1. The quantitative estimate of drug-likeness (QED) is 0.443. The minimum Gasteiger partial charge on any atom is -0.456 e. The summed E-state index contributed by atoms with van der Waals surface area (Å²) in [5.41, 5.74) is 5.41. The van der Waals surface area contributed by atoms with Crippen LogP contribution in [0.15, 0.2) is 66.7 Å². The van der Waals surface area contributed by atoms with Crippen LogP contribution in [0.4, 0.5) is 0 Å². The molecule has 0 fully saturated rings. The second-order valence-electron chi connectivity index (χ2n) is 6.41. The third-order valence-corrected chi connectivity index (χ3v) is 5.51. The molecule has 0 saturated carbocycles. The van der Waals surface area contributed by atoms with Crippen molar-refractivity contribution in [3.05, 3.63) is 81.4 Å². The molecule has 0 bridgehead atoms. The van der Waals surface area contributed by atoms with Gasteiger partial charge in [-0.3, -0.25) is 0 Å². The largest absolute Gasteiger partial charge is 0.456 e. The highest BCUT2D eigenvalue weighted by atomic mass is 127. The van der Waals surface area contributed by atoms with E-state index in [2.05, 4.69) is 85.0 Å². The van der Waals surface area contributed by atoms with Crippen molar-refractivity contribution in [3.8, 4) is 22.6 Å². The van der Waals surface area contributed by atoms with E-state index in [0.29, 0.717) is 0 Å². The van der Waals surface area contributed by atoms with Crippen molar-refractivity contribution in [2.75, 3.05) is 0 Å². The van der Waals surface area contributed by atoms with Crippen LogP contribution in [0.25, 0.3) is 11.1 Å². The summed E-state index contributed by atoms with van der Waals surface area (Å²) in [6, 6.07) is 23.2. The summed E-state index contributed by atoms with van der Waals surface area (Å²) in [6.45, 7) is 4.58. The molecule has 2 heteroatoms. The fourth-order valence-corrected chi connectivity index (χ4v) is 3.91. The first-order chi connectivity index (χ1) is 11.1. The van der Waals surface area contributed by atoms with Crippen molar-refractivity contribution in [1.82, 2.24) is 0 Å². The summed E-state index contributed by atoms with van der Waals surface area (Å²) in [7, 11) is 0. The van der Waals surface area contributed by atoms with E-state index in [4.69, 9.17) is 4.74 Å². The number of hydrogen-bond acceptors (Lipinski definition) is 1. The first-order valence-corrected chi connectivity index (χ1v) is 8.82. The Morgan fingerprint density at radius 2 is 1.48 bits per heavy atom. The maximum atomic E-state index is 6.11. The molecule has 0 saturated heterocycles. The molecule has 1 aliphatic rings. The molecule has 0 spiro atoms. The molecule has 0 aliphatic heterocycles. The lowest BCUT2D eigenvalue weighted by Crippen LogP contribution is -2.14. The van der Waals surface area contributed by atoms with Gasteiger partial charge in [-0.15, -0.1) is 0 Å². The zero-order chi connectivity index (χ0) is 16.0. The van der Waals surface area contributed by atoms with Gasteiger partial charge in [-0.2, -0.15) is 0 Å².